The molecule has 0 aromatic heterocycles. The Hall–Kier alpha value is -2.76. The average molecular weight is 408 g/mol. The first kappa shape index (κ1) is 21.9. The molecular formula is C25H29NO4. The van der Waals surface area contributed by atoms with Crippen LogP contribution in [0.3, 0.4) is 0 Å². The van der Waals surface area contributed by atoms with Gasteiger partial charge in [0.2, 0.25) is 0 Å². The molecule has 0 saturated carbocycles. The number of rotatable bonds is 9. The highest BCUT2D eigenvalue weighted by Gasteiger charge is 2.18. The van der Waals surface area contributed by atoms with Crippen molar-refractivity contribution in [2.45, 2.75) is 32.8 Å². The third-order valence-corrected chi connectivity index (χ3v) is 5.34. The second kappa shape index (κ2) is 10.3. The van der Waals surface area contributed by atoms with Crippen LogP contribution in [-0.2, 0) is 0 Å². The van der Waals surface area contributed by atoms with Crippen molar-refractivity contribution >= 4 is 17.1 Å². The minimum atomic E-state index is -0.673. The summed E-state index contributed by atoms with van der Waals surface area (Å²) in [6.45, 7) is 5.49. The van der Waals surface area contributed by atoms with Crippen molar-refractivity contribution in [2.75, 3.05) is 26.2 Å². The van der Waals surface area contributed by atoms with E-state index in [0.717, 1.165) is 19.5 Å². The quantitative estimate of drug-likeness (QED) is 0.636. The lowest BCUT2D eigenvalue weighted by Crippen LogP contribution is -2.38. The van der Waals surface area contributed by atoms with Crippen LogP contribution in [0, 0.1) is 0 Å². The van der Waals surface area contributed by atoms with E-state index in [4.69, 9.17) is 4.74 Å². The predicted octanol–water partition coefficient (Wildman–Crippen LogP) is 4.01. The van der Waals surface area contributed by atoms with Crippen LogP contribution in [0.25, 0.3) is 5.57 Å². The van der Waals surface area contributed by atoms with Crippen molar-refractivity contribution in [1.29, 1.82) is 0 Å². The fraction of sp³-hybridized carbons (Fsp3) is 0.360. The normalized spacial score (nSPS) is 15.4. The summed E-state index contributed by atoms with van der Waals surface area (Å²) in [5.74, 6) is 0.219. The van der Waals surface area contributed by atoms with Crippen molar-refractivity contribution in [1.82, 2.24) is 4.90 Å². The molecule has 1 heterocycles. The van der Waals surface area contributed by atoms with Gasteiger partial charge < -0.3 is 9.84 Å². The molecule has 1 atom stereocenters. The molecule has 2 aromatic carbocycles. The molecule has 2 aromatic rings. The van der Waals surface area contributed by atoms with Gasteiger partial charge in [0.15, 0.2) is 11.6 Å². The van der Waals surface area contributed by atoms with E-state index in [0.29, 0.717) is 29.8 Å². The van der Waals surface area contributed by atoms with E-state index >= 15 is 0 Å². The number of hydrogen-bond acceptors (Lipinski definition) is 5. The Bertz CT molecular complexity index is 920. The van der Waals surface area contributed by atoms with Crippen LogP contribution < -0.4 is 4.74 Å². The smallest absolute Gasteiger partial charge is 0.163 e. The van der Waals surface area contributed by atoms with Crippen LogP contribution in [0.2, 0.25) is 0 Å². The highest BCUT2D eigenvalue weighted by molar-refractivity contribution is 6.02. The van der Waals surface area contributed by atoms with Crippen molar-refractivity contribution < 1.29 is 19.4 Å². The van der Waals surface area contributed by atoms with E-state index in [-0.39, 0.29) is 18.2 Å². The number of ether oxygens (including phenoxy) is 1. The molecule has 1 aliphatic rings. The zero-order valence-electron chi connectivity index (χ0n) is 17.6. The molecule has 0 aliphatic carbocycles. The van der Waals surface area contributed by atoms with Gasteiger partial charge in [-0.2, -0.15) is 0 Å². The molecule has 1 unspecified atom stereocenters. The molecule has 5 heteroatoms. The number of nitrogens with zero attached hydrogens (tertiary/aromatic N) is 1. The standard InChI is InChI=1S/C25H29NO4/c1-3-24(29)21-9-10-25(23(15-21)18(2)27)30-17-22(28)16-26-13-11-20(12-14-26)19-7-5-4-6-8-19/h4-11,15,22,28H,3,12-14,16-17H2,1-2H3. The van der Waals surface area contributed by atoms with Gasteiger partial charge in [-0.15, -0.1) is 0 Å². The summed E-state index contributed by atoms with van der Waals surface area (Å²) >= 11 is 0. The fourth-order valence-corrected chi connectivity index (χ4v) is 3.64. The molecule has 0 spiro atoms. The van der Waals surface area contributed by atoms with Crippen LogP contribution in [-0.4, -0.2) is 53.9 Å². The SMILES string of the molecule is CCC(=O)c1ccc(OCC(O)CN2CC=C(c3ccccc3)CC2)c(C(C)=O)c1. The van der Waals surface area contributed by atoms with E-state index in [2.05, 4.69) is 23.1 Å². The molecule has 5 nitrogen and oxygen atoms in total. The lowest BCUT2D eigenvalue weighted by atomic mass is 9.99. The van der Waals surface area contributed by atoms with Crippen LogP contribution in [0.5, 0.6) is 5.75 Å². The molecule has 1 N–H and O–H groups in total. The Morgan fingerprint density at radius 3 is 2.57 bits per heavy atom. The first-order chi connectivity index (χ1) is 14.5. The Kier molecular flexibility index (Phi) is 7.55. The number of benzene rings is 2. The number of hydrogen-bond donors (Lipinski definition) is 1. The summed E-state index contributed by atoms with van der Waals surface area (Å²) in [6, 6.07) is 15.2. The molecule has 0 saturated heterocycles. The third kappa shape index (κ3) is 5.65. The Labute approximate surface area is 178 Å². The molecule has 158 valence electrons. The predicted molar refractivity (Wildman–Crippen MR) is 118 cm³/mol. The number of carbonyl (C=O) groups excluding carboxylic acids is 2. The zero-order valence-corrected chi connectivity index (χ0v) is 17.6. The van der Waals surface area contributed by atoms with Crippen LogP contribution in [0.4, 0.5) is 0 Å². The number of aliphatic hydroxyl groups is 1. The van der Waals surface area contributed by atoms with Gasteiger partial charge in [0.25, 0.3) is 0 Å². The maximum atomic E-state index is 12.0. The maximum absolute atomic E-state index is 12.0. The number of Topliss-reactive ketones (excluding diaryl/α,β-unsaturated/α-hetero) is 2. The van der Waals surface area contributed by atoms with Gasteiger partial charge in [0.1, 0.15) is 18.5 Å². The van der Waals surface area contributed by atoms with E-state index in [1.165, 1.54) is 18.1 Å². The molecule has 3 rings (SSSR count). The number of carbonyl (C=O) groups is 2. The Morgan fingerprint density at radius 1 is 1.17 bits per heavy atom. The number of aliphatic hydroxyl groups excluding tert-OH is 1. The monoisotopic (exact) mass is 407 g/mol. The number of ketones is 2. The first-order valence-corrected chi connectivity index (χ1v) is 10.4. The van der Waals surface area contributed by atoms with Gasteiger partial charge in [-0.25, -0.2) is 0 Å². The lowest BCUT2D eigenvalue weighted by Gasteiger charge is -2.28. The largest absolute Gasteiger partial charge is 0.490 e. The Morgan fingerprint density at radius 2 is 1.93 bits per heavy atom. The minimum Gasteiger partial charge on any atom is -0.490 e. The average Bonchev–Trinajstić information content (AvgIpc) is 2.78. The van der Waals surface area contributed by atoms with Gasteiger partial charge in [-0.1, -0.05) is 43.3 Å². The highest BCUT2D eigenvalue weighted by atomic mass is 16.5. The molecule has 30 heavy (non-hydrogen) atoms. The molecule has 0 fully saturated rings. The third-order valence-electron chi connectivity index (χ3n) is 5.34. The van der Waals surface area contributed by atoms with Crippen LogP contribution in [0.15, 0.2) is 54.6 Å². The summed E-state index contributed by atoms with van der Waals surface area (Å²) < 4.78 is 5.74. The molecule has 0 radical (unpaired) electrons. The van der Waals surface area contributed by atoms with E-state index in [9.17, 15) is 14.7 Å². The Balaban J connectivity index is 1.55. The van der Waals surface area contributed by atoms with Crippen LogP contribution >= 0.6 is 0 Å². The van der Waals surface area contributed by atoms with Gasteiger partial charge in [0.05, 0.1) is 5.56 Å². The number of β-amino-alcohol motifs (C(OH)–C–C–N with tert-alkyl or cyclic N) is 1. The summed E-state index contributed by atoms with van der Waals surface area (Å²) in [5, 5.41) is 10.4. The van der Waals surface area contributed by atoms with Gasteiger partial charge in [0, 0.05) is 31.6 Å². The second-order valence-corrected chi connectivity index (χ2v) is 7.61. The van der Waals surface area contributed by atoms with Gasteiger partial charge in [-0.05, 0) is 42.7 Å². The molecule has 0 bridgehead atoms. The van der Waals surface area contributed by atoms with Crippen molar-refractivity contribution in [3.8, 4) is 5.75 Å². The van der Waals surface area contributed by atoms with Crippen molar-refractivity contribution in [3.63, 3.8) is 0 Å². The van der Waals surface area contributed by atoms with Gasteiger partial charge in [-0.3, -0.25) is 14.5 Å². The molecule has 1 aliphatic heterocycles. The second-order valence-electron chi connectivity index (χ2n) is 7.61. The van der Waals surface area contributed by atoms with Crippen molar-refractivity contribution in [3.05, 3.63) is 71.3 Å². The van der Waals surface area contributed by atoms with Gasteiger partial charge >= 0.3 is 0 Å². The highest BCUT2D eigenvalue weighted by Crippen LogP contribution is 2.23. The summed E-state index contributed by atoms with van der Waals surface area (Å²) in [7, 11) is 0. The molecular weight excluding hydrogens is 378 g/mol. The maximum Gasteiger partial charge on any atom is 0.163 e. The summed E-state index contributed by atoms with van der Waals surface area (Å²) in [4.78, 5) is 26.1. The first-order valence-electron chi connectivity index (χ1n) is 10.4. The van der Waals surface area contributed by atoms with E-state index in [1.54, 1.807) is 25.1 Å². The molecule has 0 amide bonds. The topological polar surface area (TPSA) is 66.8 Å². The lowest BCUT2D eigenvalue weighted by molar-refractivity contribution is 0.0708. The van der Waals surface area contributed by atoms with Crippen molar-refractivity contribution in [2.24, 2.45) is 0 Å². The zero-order chi connectivity index (χ0) is 21.5. The van der Waals surface area contributed by atoms with E-state index in [1.807, 2.05) is 18.2 Å². The van der Waals surface area contributed by atoms with Crippen LogP contribution in [0.1, 0.15) is 53.0 Å². The fourth-order valence-electron chi connectivity index (χ4n) is 3.64. The van der Waals surface area contributed by atoms with E-state index < -0.39 is 6.10 Å². The summed E-state index contributed by atoms with van der Waals surface area (Å²) in [5.41, 5.74) is 3.47. The minimum absolute atomic E-state index is 0.0166. The summed E-state index contributed by atoms with van der Waals surface area (Å²) in [6.07, 6.45) is 2.86.